The van der Waals surface area contributed by atoms with Crippen LogP contribution in [0.25, 0.3) is 17.0 Å². The molecule has 1 aliphatic heterocycles. The normalized spacial score (nSPS) is 16.0. The van der Waals surface area contributed by atoms with E-state index in [1.807, 2.05) is 30.3 Å². The van der Waals surface area contributed by atoms with E-state index in [2.05, 4.69) is 55.2 Å². The lowest BCUT2D eigenvalue weighted by molar-refractivity contribution is 0.354. The number of hydrogen-bond donors (Lipinski definition) is 1. The van der Waals surface area contributed by atoms with Crippen molar-refractivity contribution < 1.29 is 14.0 Å². The maximum Gasteiger partial charge on any atom is 0.258 e. The standard InChI is InChI=1S/C27H32N4O3S/c1-7-18-8-10-19(11-9-18)25-29-26(34-30-25)23-17(4)31(15-16(2)3)27(35)28-24(23)20-12-13-21(32-5)22(14-20)33-6/h8-14,16,24H,7,15H2,1-6H3,(H,28,35). The van der Waals surface area contributed by atoms with Crippen LogP contribution in [0, 0.1) is 5.92 Å². The molecule has 1 atom stereocenters. The molecule has 1 unspecified atom stereocenters. The predicted octanol–water partition coefficient (Wildman–Crippen LogP) is 5.63. The fourth-order valence-corrected chi connectivity index (χ4v) is 4.59. The number of allylic oxidation sites excluding steroid dienone is 1. The van der Waals surface area contributed by atoms with E-state index in [1.165, 1.54) is 5.56 Å². The smallest absolute Gasteiger partial charge is 0.258 e. The number of methoxy groups -OCH3 is 2. The molecule has 0 amide bonds. The van der Waals surface area contributed by atoms with E-state index in [4.69, 9.17) is 31.2 Å². The SMILES string of the molecule is CCc1ccc(-c2noc(C3=C(C)N(CC(C)C)C(=S)NC3c3ccc(OC)c(OC)c3)n2)cc1. The maximum atomic E-state index is 5.84. The van der Waals surface area contributed by atoms with Gasteiger partial charge in [0.25, 0.3) is 5.89 Å². The first-order chi connectivity index (χ1) is 16.9. The third kappa shape index (κ3) is 5.03. The molecule has 1 aromatic heterocycles. The number of nitrogens with zero attached hydrogens (tertiary/aromatic N) is 3. The zero-order chi connectivity index (χ0) is 25.1. The molecule has 0 bridgehead atoms. The number of nitrogens with one attached hydrogen (secondary N) is 1. The molecule has 1 N–H and O–H groups in total. The molecular weight excluding hydrogens is 460 g/mol. The summed E-state index contributed by atoms with van der Waals surface area (Å²) >= 11 is 5.78. The van der Waals surface area contributed by atoms with Crippen LogP contribution in [0.1, 0.15) is 50.8 Å². The molecule has 8 heteroatoms. The molecule has 0 saturated heterocycles. The number of thiocarbonyl (C=S) groups is 1. The Bertz CT molecular complexity index is 1230. The number of hydrogen-bond acceptors (Lipinski definition) is 6. The fourth-order valence-electron chi connectivity index (χ4n) is 4.27. The molecule has 0 spiro atoms. The van der Waals surface area contributed by atoms with E-state index < -0.39 is 0 Å². The largest absolute Gasteiger partial charge is 0.493 e. The molecular formula is C27H32N4O3S. The molecule has 0 saturated carbocycles. The van der Waals surface area contributed by atoms with E-state index in [0.29, 0.717) is 34.2 Å². The highest BCUT2D eigenvalue weighted by Gasteiger charge is 2.34. The lowest BCUT2D eigenvalue weighted by Crippen LogP contribution is -2.47. The maximum absolute atomic E-state index is 5.84. The molecule has 0 aliphatic carbocycles. The second kappa shape index (κ2) is 10.5. The summed E-state index contributed by atoms with van der Waals surface area (Å²) in [7, 11) is 3.25. The summed E-state index contributed by atoms with van der Waals surface area (Å²) in [5.74, 6) is 2.73. The lowest BCUT2D eigenvalue weighted by Gasteiger charge is -2.38. The van der Waals surface area contributed by atoms with Crippen molar-refractivity contribution in [1.82, 2.24) is 20.4 Å². The van der Waals surface area contributed by atoms with Gasteiger partial charge in [-0.05, 0) is 54.7 Å². The van der Waals surface area contributed by atoms with E-state index in [-0.39, 0.29) is 6.04 Å². The van der Waals surface area contributed by atoms with Crippen LogP contribution in [-0.2, 0) is 6.42 Å². The average Bonchev–Trinajstić information content (AvgIpc) is 3.35. The van der Waals surface area contributed by atoms with Crippen molar-refractivity contribution in [3.05, 3.63) is 65.2 Å². The van der Waals surface area contributed by atoms with Gasteiger partial charge in [0.05, 0.1) is 25.8 Å². The van der Waals surface area contributed by atoms with E-state index in [0.717, 1.165) is 35.4 Å². The minimum atomic E-state index is -0.290. The summed E-state index contributed by atoms with van der Waals surface area (Å²) < 4.78 is 16.8. The average molecular weight is 493 g/mol. The van der Waals surface area contributed by atoms with Gasteiger partial charge >= 0.3 is 0 Å². The van der Waals surface area contributed by atoms with E-state index in [1.54, 1.807) is 14.2 Å². The molecule has 2 aromatic carbocycles. The third-order valence-electron chi connectivity index (χ3n) is 6.16. The summed E-state index contributed by atoms with van der Waals surface area (Å²) in [6.07, 6.45) is 0.980. The highest BCUT2D eigenvalue weighted by atomic mass is 32.1. The minimum absolute atomic E-state index is 0.290. The van der Waals surface area contributed by atoms with Gasteiger partial charge in [0.1, 0.15) is 0 Å². The van der Waals surface area contributed by atoms with Crippen LogP contribution < -0.4 is 14.8 Å². The Morgan fingerprint density at radius 1 is 1.09 bits per heavy atom. The van der Waals surface area contributed by atoms with Gasteiger partial charge in [0.15, 0.2) is 16.6 Å². The van der Waals surface area contributed by atoms with Crippen LogP contribution in [0.15, 0.2) is 52.7 Å². The van der Waals surface area contributed by atoms with Crippen molar-refractivity contribution in [3.63, 3.8) is 0 Å². The molecule has 1 aliphatic rings. The number of rotatable bonds is 8. The van der Waals surface area contributed by atoms with Gasteiger partial charge in [0.2, 0.25) is 5.82 Å². The van der Waals surface area contributed by atoms with Crippen molar-refractivity contribution in [2.45, 2.75) is 40.2 Å². The Balaban J connectivity index is 1.81. The summed E-state index contributed by atoms with van der Waals surface area (Å²) in [6.45, 7) is 9.30. The molecule has 0 radical (unpaired) electrons. The van der Waals surface area contributed by atoms with E-state index in [9.17, 15) is 0 Å². The first-order valence-electron chi connectivity index (χ1n) is 11.8. The molecule has 4 rings (SSSR count). The lowest BCUT2D eigenvalue weighted by atomic mass is 9.94. The fraction of sp³-hybridized carbons (Fsp3) is 0.370. The van der Waals surface area contributed by atoms with Crippen molar-refractivity contribution in [2.75, 3.05) is 20.8 Å². The molecule has 7 nitrogen and oxygen atoms in total. The topological polar surface area (TPSA) is 72.7 Å². The van der Waals surface area contributed by atoms with E-state index >= 15 is 0 Å². The second-order valence-electron chi connectivity index (χ2n) is 8.97. The second-order valence-corrected chi connectivity index (χ2v) is 9.36. The molecule has 3 aromatic rings. The number of benzene rings is 2. The Morgan fingerprint density at radius 2 is 1.80 bits per heavy atom. The molecule has 0 fully saturated rings. The number of aromatic nitrogens is 2. The highest BCUT2D eigenvalue weighted by molar-refractivity contribution is 7.80. The highest BCUT2D eigenvalue weighted by Crippen LogP contribution is 2.40. The van der Waals surface area contributed by atoms with Crippen LogP contribution >= 0.6 is 12.2 Å². The molecule has 184 valence electrons. The van der Waals surface area contributed by atoms with Crippen LogP contribution in [0.2, 0.25) is 0 Å². The van der Waals surface area contributed by atoms with Gasteiger partial charge in [-0.3, -0.25) is 0 Å². The zero-order valence-corrected chi connectivity index (χ0v) is 21.9. The minimum Gasteiger partial charge on any atom is -0.493 e. The molecule has 2 heterocycles. The monoisotopic (exact) mass is 492 g/mol. The first kappa shape index (κ1) is 24.7. The number of aryl methyl sites for hydroxylation is 1. The van der Waals surface area contributed by atoms with Crippen LogP contribution in [0.4, 0.5) is 0 Å². The van der Waals surface area contributed by atoms with Crippen molar-refractivity contribution in [1.29, 1.82) is 0 Å². The van der Waals surface area contributed by atoms with Crippen LogP contribution in [0.3, 0.4) is 0 Å². The van der Waals surface area contributed by atoms with Gasteiger partial charge in [-0.2, -0.15) is 4.98 Å². The van der Waals surface area contributed by atoms with Crippen LogP contribution in [0.5, 0.6) is 11.5 Å². The summed E-state index contributed by atoms with van der Waals surface area (Å²) in [6, 6.07) is 13.8. The van der Waals surface area contributed by atoms with Crippen molar-refractivity contribution in [2.24, 2.45) is 5.92 Å². The van der Waals surface area contributed by atoms with Gasteiger partial charge in [-0.25, -0.2) is 0 Å². The summed E-state index contributed by atoms with van der Waals surface area (Å²) in [5, 5.41) is 8.46. The first-order valence-corrected chi connectivity index (χ1v) is 12.2. The van der Waals surface area contributed by atoms with Gasteiger partial charge < -0.3 is 24.2 Å². The van der Waals surface area contributed by atoms with Crippen LogP contribution in [-0.4, -0.2) is 40.9 Å². The molecule has 35 heavy (non-hydrogen) atoms. The van der Waals surface area contributed by atoms with Crippen molar-refractivity contribution in [3.8, 4) is 22.9 Å². The number of ether oxygens (including phenoxy) is 2. The zero-order valence-electron chi connectivity index (χ0n) is 21.1. The third-order valence-corrected chi connectivity index (χ3v) is 6.50. The summed E-state index contributed by atoms with van der Waals surface area (Å²) in [4.78, 5) is 6.90. The Kier molecular flexibility index (Phi) is 7.40. The Hall–Kier alpha value is -3.39. The van der Waals surface area contributed by atoms with Gasteiger partial charge in [0, 0.05) is 17.8 Å². The summed E-state index contributed by atoms with van der Waals surface area (Å²) in [5.41, 5.74) is 5.00. The Labute approximate surface area is 212 Å². The van der Waals surface area contributed by atoms with Gasteiger partial charge in [-0.1, -0.05) is 56.3 Å². The quantitative estimate of drug-likeness (QED) is 0.406. The predicted molar refractivity (Wildman–Crippen MR) is 141 cm³/mol. The van der Waals surface area contributed by atoms with Gasteiger partial charge in [-0.15, -0.1) is 0 Å². The Morgan fingerprint density at radius 3 is 2.43 bits per heavy atom. The van der Waals surface area contributed by atoms with Crippen molar-refractivity contribution >= 4 is 22.9 Å².